The summed E-state index contributed by atoms with van der Waals surface area (Å²) in [6, 6.07) is 10.3. The molecule has 2 bridgehead atoms. The lowest BCUT2D eigenvalue weighted by Gasteiger charge is -2.60. The van der Waals surface area contributed by atoms with Crippen LogP contribution in [0.1, 0.15) is 39.2 Å². The summed E-state index contributed by atoms with van der Waals surface area (Å²) in [7, 11) is 1.78. The highest BCUT2D eigenvalue weighted by Crippen LogP contribution is 2.51. The first-order valence-corrected chi connectivity index (χ1v) is 7.84. The summed E-state index contributed by atoms with van der Waals surface area (Å²) in [4.78, 5) is 0. The molecule has 0 radical (unpaired) electrons. The summed E-state index contributed by atoms with van der Waals surface area (Å²) in [6.45, 7) is 7.16. The second-order valence-electron chi connectivity index (χ2n) is 7.07. The minimum Gasteiger partial charge on any atom is -0.378 e. The standard InChI is InChI=1S/C18H26O3/c1-17(2)14-10-15(19-4)18(3,21-17)16(11-14)20-12-13-8-6-5-7-9-13/h5-9,14-16H,10-12H2,1-4H3. The highest BCUT2D eigenvalue weighted by molar-refractivity contribution is 5.14. The fraction of sp³-hybridized carbons (Fsp3) is 0.667. The summed E-state index contributed by atoms with van der Waals surface area (Å²) in [5.41, 5.74) is 0.758. The molecule has 0 aromatic heterocycles. The van der Waals surface area contributed by atoms with E-state index in [-0.39, 0.29) is 23.4 Å². The summed E-state index contributed by atoms with van der Waals surface area (Å²) in [5, 5.41) is 0. The molecule has 1 aromatic rings. The number of benzene rings is 1. The lowest BCUT2D eigenvalue weighted by Crippen LogP contribution is -2.68. The molecule has 21 heavy (non-hydrogen) atoms. The Morgan fingerprint density at radius 1 is 1.10 bits per heavy atom. The monoisotopic (exact) mass is 290 g/mol. The van der Waals surface area contributed by atoms with Crippen molar-refractivity contribution in [1.29, 1.82) is 0 Å². The average Bonchev–Trinajstić information content (AvgIpc) is 2.45. The van der Waals surface area contributed by atoms with E-state index in [1.807, 2.05) is 18.2 Å². The maximum atomic E-state index is 6.41. The minimum atomic E-state index is -0.359. The second-order valence-corrected chi connectivity index (χ2v) is 7.07. The van der Waals surface area contributed by atoms with Crippen molar-refractivity contribution in [3.63, 3.8) is 0 Å². The first-order valence-electron chi connectivity index (χ1n) is 7.84. The van der Waals surface area contributed by atoms with Crippen LogP contribution in [-0.2, 0) is 20.8 Å². The molecule has 2 heterocycles. The summed E-state index contributed by atoms with van der Waals surface area (Å²) >= 11 is 0. The van der Waals surface area contributed by atoms with Crippen LogP contribution in [0.4, 0.5) is 0 Å². The predicted octanol–water partition coefficient (Wildman–Crippen LogP) is 3.56. The van der Waals surface area contributed by atoms with Crippen molar-refractivity contribution in [2.75, 3.05) is 7.11 Å². The molecule has 2 aliphatic heterocycles. The van der Waals surface area contributed by atoms with E-state index in [0.29, 0.717) is 12.5 Å². The molecular weight excluding hydrogens is 264 g/mol. The van der Waals surface area contributed by atoms with Gasteiger partial charge in [0.25, 0.3) is 0 Å². The van der Waals surface area contributed by atoms with E-state index in [1.165, 1.54) is 5.56 Å². The van der Waals surface area contributed by atoms with Gasteiger partial charge in [0.1, 0.15) is 5.60 Å². The van der Waals surface area contributed by atoms with Gasteiger partial charge < -0.3 is 14.2 Å². The fourth-order valence-corrected chi connectivity index (χ4v) is 3.97. The maximum absolute atomic E-state index is 6.41. The van der Waals surface area contributed by atoms with Crippen molar-refractivity contribution >= 4 is 0 Å². The van der Waals surface area contributed by atoms with Crippen LogP contribution in [0.5, 0.6) is 0 Å². The molecule has 116 valence electrons. The second kappa shape index (κ2) is 5.38. The van der Waals surface area contributed by atoms with Crippen molar-refractivity contribution in [2.45, 2.75) is 63.6 Å². The predicted molar refractivity (Wildman–Crippen MR) is 82.1 cm³/mol. The van der Waals surface area contributed by atoms with Gasteiger partial charge in [-0.1, -0.05) is 30.3 Å². The Hall–Kier alpha value is -0.900. The van der Waals surface area contributed by atoms with Gasteiger partial charge in [-0.3, -0.25) is 0 Å². The van der Waals surface area contributed by atoms with Crippen LogP contribution >= 0.6 is 0 Å². The van der Waals surface area contributed by atoms with Crippen LogP contribution in [0, 0.1) is 5.92 Å². The van der Waals surface area contributed by atoms with Crippen molar-refractivity contribution in [3.8, 4) is 0 Å². The minimum absolute atomic E-state index is 0.0869. The van der Waals surface area contributed by atoms with Crippen molar-refractivity contribution < 1.29 is 14.2 Å². The number of hydrogen-bond acceptors (Lipinski definition) is 3. The molecule has 1 aliphatic carbocycles. The number of rotatable bonds is 4. The van der Waals surface area contributed by atoms with Crippen LogP contribution < -0.4 is 0 Å². The highest BCUT2D eigenvalue weighted by Gasteiger charge is 2.59. The number of fused-ring (bicyclic) bond motifs is 3. The molecule has 4 atom stereocenters. The van der Waals surface area contributed by atoms with Gasteiger partial charge in [0.15, 0.2) is 0 Å². The molecule has 0 spiro atoms. The van der Waals surface area contributed by atoms with Gasteiger partial charge in [-0.2, -0.15) is 0 Å². The molecular formula is C18H26O3. The lowest BCUT2D eigenvalue weighted by atomic mass is 9.65. The Kier molecular flexibility index (Phi) is 3.85. The smallest absolute Gasteiger partial charge is 0.118 e. The van der Waals surface area contributed by atoms with Crippen LogP contribution in [-0.4, -0.2) is 30.5 Å². The third-order valence-electron chi connectivity index (χ3n) is 5.32. The Balaban J connectivity index is 1.74. The molecule has 2 saturated heterocycles. The van der Waals surface area contributed by atoms with Crippen LogP contribution in [0.3, 0.4) is 0 Å². The SMILES string of the molecule is COC1CC2CC(OCc3ccccc3)C1(C)OC2(C)C. The van der Waals surface area contributed by atoms with E-state index in [9.17, 15) is 0 Å². The van der Waals surface area contributed by atoms with Gasteiger partial charge in [-0.15, -0.1) is 0 Å². The van der Waals surface area contributed by atoms with Gasteiger partial charge in [-0.25, -0.2) is 0 Å². The molecule has 1 aromatic carbocycles. The fourth-order valence-electron chi connectivity index (χ4n) is 3.97. The Bertz CT molecular complexity index is 484. The Morgan fingerprint density at radius 2 is 1.76 bits per heavy atom. The van der Waals surface area contributed by atoms with Crippen LogP contribution in [0.15, 0.2) is 30.3 Å². The molecule has 3 heteroatoms. The topological polar surface area (TPSA) is 27.7 Å². The Morgan fingerprint density at radius 3 is 2.43 bits per heavy atom. The zero-order valence-electron chi connectivity index (χ0n) is 13.5. The number of methoxy groups -OCH3 is 1. The van der Waals surface area contributed by atoms with Crippen molar-refractivity contribution in [3.05, 3.63) is 35.9 Å². The highest BCUT2D eigenvalue weighted by atomic mass is 16.6. The molecule has 3 fully saturated rings. The molecule has 3 nitrogen and oxygen atoms in total. The normalized spacial score (nSPS) is 37.6. The first kappa shape index (κ1) is 15.0. The van der Waals surface area contributed by atoms with Gasteiger partial charge in [0.05, 0.1) is 24.4 Å². The van der Waals surface area contributed by atoms with Crippen molar-refractivity contribution in [1.82, 2.24) is 0 Å². The quantitative estimate of drug-likeness (QED) is 0.848. The molecule has 0 amide bonds. The first-order chi connectivity index (χ1) is 9.95. The largest absolute Gasteiger partial charge is 0.378 e. The summed E-state index contributed by atoms with van der Waals surface area (Å²) < 4.78 is 18.3. The van der Waals surface area contributed by atoms with Gasteiger partial charge >= 0.3 is 0 Å². The third-order valence-corrected chi connectivity index (χ3v) is 5.32. The molecule has 0 N–H and O–H groups in total. The van der Waals surface area contributed by atoms with E-state index in [2.05, 4.69) is 32.9 Å². The summed E-state index contributed by atoms with van der Waals surface area (Å²) in [6.07, 6.45) is 2.32. The van der Waals surface area contributed by atoms with Gasteiger partial charge in [0, 0.05) is 7.11 Å². The zero-order chi connectivity index (χ0) is 15.1. The maximum Gasteiger partial charge on any atom is 0.118 e. The van der Waals surface area contributed by atoms with E-state index < -0.39 is 0 Å². The van der Waals surface area contributed by atoms with E-state index >= 15 is 0 Å². The van der Waals surface area contributed by atoms with Gasteiger partial charge in [0.2, 0.25) is 0 Å². The van der Waals surface area contributed by atoms with Crippen LogP contribution in [0.2, 0.25) is 0 Å². The molecule has 3 aliphatic rings. The van der Waals surface area contributed by atoms with Crippen molar-refractivity contribution in [2.24, 2.45) is 5.92 Å². The lowest BCUT2D eigenvalue weighted by molar-refractivity contribution is -0.323. The summed E-state index contributed by atoms with van der Waals surface area (Å²) in [5.74, 6) is 0.491. The molecule has 4 rings (SSSR count). The number of hydrogen-bond donors (Lipinski definition) is 0. The van der Waals surface area contributed by atoms with Crippen LogP contribution in [0.25, 0.3) is 0 Å². The van der Waals surface area contributed by atoms with E-state index in [0.717, 1.165) is 12.8 Å². The molecule has 1 saturated carbocycles. The van der Waals surface area contributed by atoms with E-state index in [4.69, 9.17) is 14.2 Å². The van der Waals surface area contributed by atoms with E-state index in [1.54, 1.807) is 7.11 Å². The number of ether oxygens (including phenoxy) is 3. The van der Waals surface area contributed by atoms with Gasteiger partial charge in [-0.05, 0) is 45.1 Å². The Labute approximate surface area is 127 Å². The third kappa shape index (κ3) is 2.63. The zero-order valence-corrected chi connectivity index (χ0v) is 13.5. The average molecular weight is 290 g/mol. The molecule has 4 unspecified atom stereocenters.